The van der Waals surface area contributed by atoms with E-state index in [-0.39, 0.29) is 22.4 Å². The molecule has 0 bridgehead atoms. The lowest BCUT2D eigenvalue weighted by atomic mass is 9.78. The molecule has 1 aromatic carbocycles. The van der Waals surface area contributed by atoms with Gasteiger partial charge in [-0.05, 0) is 36.5 Å². The van der Waals surface area contributed by atoms with Crippen LogP contribution >= 0.6 is 0 Å². The number of hydrogen-bond acceptors (Lipinski definition) is 5. The Labute approximate surface area is 157 Å². The van der Waals surface area contributed by atoms with E-state index in [9.17, 15) is 13.2 Å². The van der Waals surface area contributed by atoms with Gasteiger partial charge in [-0.15, -0.1) is 0 Å². The SMILES string of the molecule is CC1CCCC(NS(=O)(=O)c2ccc3oc(=O)c4ncn(C)c4c3c2)C1C. The molecule has 0 saturated heterocycles. The van der Waals surface area contributed by atoms with Crippen LogP contribution in [0.1, 0.15) is 33.1 Å². The van der Waals surface area contributed by atoms with Crippen LogP contribution in [0.15, 0.2) is 38.6 Å². The number of hydrogen-bond donors (Lipinski definition) is 1. The molecule has 0 aliphatic heterocycles. The highest BCUT2D eigenvalue weighted by atomic mass is 32.2. The minimum Gasteiger partial charge on any atom is -0.421 e. The molecular weight excluding hydrogens is 366 g/mol. The molecule has 1 aliphatic carbocycles. The second-order valence-electron chi connectivity index (χ2n) is 7.60. The zero-order chi connectivity index (χ0) is 19.3. The number of nitrogens with zero attached hydrogens (tertiary/aromatic N) is 2. The number of imidazole rings is 1. The maximum atomic E-state index is 13.0. The molecule has 3 atom stereocenters. The van der Waals surface area contributed by atoms with Crippen LogP contribution in [-0.2, 0) is 17.1 Å². The number of aromatic nitrogens is 2. The number of benzene rings is 1. The molecular formula is C19H23N3O4S. The van der Waals surface area contributed by atoms with Crippen LogP contribution in [0, 0.1) is 11.8 Å². The van der Waals surface area contributed by atoms with Gasteiger partial charge in [-0.1, -0.05) is 26.7 Å². The first-order chi connectivity index (χ1) is 12.8. The summed E-state index contributed by atoms with van der Waals surface area (Å²) in [4.78, 5) is 16.3. The summed E-state index contributed by atoms with van der Waals surface area (Å²) < 4.78 is 35.9. The van der Waals surface area contributed by atoms with Crippen LogP contribution in [0.3, 0.4) is 0 Å². The molecule has 2 heterocycles. The molecule has 0 amide bonds. The topological polar surface area (TPSA) is 94.2 Å². The van der Waals surface area contributed by atoms with Crippen molar-refractivity contribution in [2.45, 2.75) is 44.0 Å². The maximum Gasteiger partial charge on any atom is 0.364 e. The monoisotopic (exact) mass is 389 g/mol. The van der Waals surface area contributed by atoms with Gasteiger partial charge < -0.3 is 8.98 Å². The quantitative estimate of drug-likeness (QED) is 0.695. The predicted molar refractivity (Wildman–Crippen MR) is 103 cm³/mol. The Morgan fingerprint density at radius 1 is 1.26 bits per heavy atom. The lowest BCUT2D eigenvalue weighted by Gasteiger charge is -2.34. The van der Waals surface area contributed by atoms with Crippen LogP contribution in [0.4, 0.5) is 0 Å². The van der Waals surface area contributed by atoms with Gasteiger partial charge in [-0.2, -0.15) is 0 Å². The third-order valence-corrected chi connectivity index (χ3v) is 7.35. The molecule has 1 fully saturated rings. The number of aryl methyl sites for hydroxylation is 1. The van der Waals surface area contributed by atoms with E-state index >= 15 is 0 Å². The smallest absolute Gasteiger partial charge is 0.364 e. The molecule has 0 radical (unpaired) electrons. The van der Waals surface area contributed by atoms with Crippen LogP contribution in [0.5, 0.6) is 0 Å². The van der Waals surface area contributed by atoms with E-state index < -0.39 is 15.6 Å². The van der Waals surface area contributed by atoms with Gasteiger partial charge in [0, 0.05) is 18.5 Å². The summed E-state index contributed by atoms with van der Waals surface area (Å²) in [5.41, 5.74) is 0.576. The number of sulfonamides is 1. The fourth-order valence-electron chi connectivity index (χ4n) is 4.01. The van der Waals surface area contributed by atoms with Crippen molar-refractivity contribution < 1.29 is 12.8 Å². The zero-order valence-electron chi connectivity index (χ0n) is 15.6. The lowest BCUT2D eigenvalue weighted by molar-refractivity contribution is 0.227. The molecule has 8 heteroatoms. The minimum atomic E-state index is -3.68. The Kier molecular flexibility index (Phi) is 4.35. The van der Waals surface area contributed by atoms with E-state index in [2.05, 4.69) is 23.6 Å². The van der Waals surface area contributed by atoms with Gasteiger partial charge >= 0.3 is 5.63 Å². The van der Waals surface area contributed by atoms with Crippen molar-refractivity contribution in [3.05, 3.63) is 34.9 Å². The highest BCUT2D eigenvalue weighted by Crippen LogP contribution is 2.31. The van der Waals surface area contributed by atoms with Crippen molar-refractivity contribution in [1.82, 2.24) is 14.3 Å². The highest BCUT2D eigenvalue weighted by Gasteiger charge is 2.31. The molecule has 0 spiro atoms. The first kappa shape index (κ1) is 18.2. The molecule has 144 valence electrons. The third kappa shape index (κ3) is 3.06. The van der Waals surface area contributed by atoms with E-state index in [4.69, 9.17) is 4.42 Å². The van der Waals surface area contributed by atoms with Crippen molar-refractivity contribution >= 4 is 32.0 Å². The van der Waals surface area contributed by atoms with Crippen LogP contribution in [0.2, 0.25) is 0 Å². The Balaban J connectivity index is 1.79. The number of fused-ring (bicyclic) bond motifs is 3. The summed E-state index contributed by atoms with van der Waals surface area (Å²) in [6, 6.07) is 4.50. The highest BCUT2D eigenvalue weighted by molar-refractivity contribution is 7.89. The summed E-state index contributed by atoms with van der Waals surface area (Å²) in [6.45, 7) is 4.27. The van der Waals surface area contributed by atoms with Gasteiger partial charge in [-0.3, -0.25) is 0 Å². The zero-order valence-corrected chi connectivity index (χ0v) is 16.4. The van der Waals surface area contributed by atoms with Crippen molar-refractivity contribution in [3.63, 3.8) is 0 Å². The third-order valence-electron chi connectivity index (χ3n) is 5.86. The molecule has 7 nitrogen and oxygen atoms in total. The largest absolute Gasteiger partial charge is 0.421 e. The molecule has 3 unspecified atom stereocenters. The average Bonchev–Trinajstić information content (AvgIpc) is 3.01. The summed E-state index contributed by atoms with van der Waals surface area (Å²) in [5, 5.41) is 0.553. The van der Waals surface area contributed by atoms with Gasteiger partial charge in [0.15, 0.2) is 5.52 Å². The van der Waals surface area contributed by atoms with Crippen molar-refractivity contribution in [1.29, 1.82) is 0 Å². The summed E-state index contributed by atoms with van der Waals surface area (Å²) >= 11 is 0. The minimum absolute atomic E-state index is 0.0696. The van der Waals surface area contributed by atoms with Crippen LogP contribution < -0.4 is 10.3 Å². The Hall–Kier alpha value is -2.19. The first-order valence-electron chi connectivity index (χ1n) is 9.18. The van der Waals surface area contributed by atoms with Crippen molar-refractivity contribution in [2.24, 2.45) is 18.9 Å². The normalized spacial score (nSPS) is 23.9. The second kappa shape index (κ2) is 6.45. The molecule has 3 aromatic rings. The van der Waals surface area contributed by atoms with E-state index in [0.717, 1.165) is 19.3 Å². The van der Waals surface area contributed by atoms with Crippen LogP contribution in [-0.4, -0.2) is 24.0 Å². The molecule has 1 N–H and O–H groups in total. The van der Waals surface area contributed by atoms with Gasteiger partial charge in [0.25, 0.3) is 0 Å². The molecule has 1 saturated carbocycles. The fourth-order valence-corrected chi connectivity index (χ4v) is 5.40. The molecule has 4 rings (SSSR count). The van der Waals surface area contributed by atoms with Gasteiger partial charge in [-0.25, -0.2) is 22.9 Å². The van der Waals surface area contributed by atoms with Gasteiger partial charge in [0.1, 0.15) is 5.58 Å². The Bertz CT molecular complexity index is 1180. The second-order valence-corrected chi connectivity index (χ2v) is 9.31. The standard InChI is InChI=1S/C19H23N3O4S/c1-11-5-4-6-15(12(11)2)21-27(24,25)13-7-8-16-14(9-13)18-17(19(23)26-16)20-10-22(18)3/h7-12,15,21H,4-6H2,1-3H3. The number of rotatable bonds is 3. The average molecular weight is 389 g/mol. The van der Waals surface area contributed by atoms with Crippen molar-refractivity contribution in [2.75, 3.05) is 0 Å². The lowest BCUT2D eigenvalue weighted by Crippen LogP contribution is -2.43. The van der Waals surface area contributed by atoms with E-state index in [1.165, 1.54) is 18.5 Å². The Morgan fingerprint density at radius 2 is 2.04 bits per heavy atom. The summed E-state index contributed by atoms with van der Waals surface area (Å²) in [7, 11) is -1.92. The fraction of sp³-hybridized carbons (Fsp3) is 0.474. The predicted octanol–water partition coefficient (Wildman–Crippen LogP) is 2.78. The number of nitrogens with one attached hydrogen (secondary N) is 1. The van der Waals surface area contributed by atoms with Crippen LogP contribution in [0.25, 0.3) is 22.0 Å². The maximum absolute atomic E-state index is 13.0. The molecule has 27 heavy (non-hydrogen) atoms. The van der Waals surface area contributed by atoms with E-state index in [1.807, 2.05) is 0 Å². The Morgan fingerprint density at radius 3 is 2.81 bits per heavy atom. The molecule has 1 aliphatic rings. The first-order valence-corrected chi connectivity index (χ1v) is 10.7. The van der Waals surface area contributed by atoms with E-state index in [0.29, 0.717) is 22.4 Å². The van der Waals surface area contributed by atoms with E-state index in [1.54, 1.807) is 17.7 Å². The molecule has 2 aromatic heterocycles. The summed E-state index contributed by atoms with van der Waals surface area (Å²) in [5.74, 6) is 0.780. The summed E-state index contributed by atoms with van der Waals surface area (Å²) in [6.07, 6.45) is 4.52. The van der Waals surface area contributed by atoms with Gasteiger partial charge in [0.2, 0.25) is 10.0 Å². The van der Waals surface area contributed by atoms with Gasteiger partial charge in [0.05, 0.1) is 16.7 Å². The van der Waals surface area contributed by atoms with Crippen molar-refractivity contribution in [3.8, 4) is 0 Å².